The third-order valence-electron chi connectivity index (χ3n) is 5.82. The fraction of sp³-hybridized carbons (Fsp3) is 0.231. The predicted molar refractivity (Wildman–Crippen MR) is 132 cm³/mol. The summed E-state index contributed by atoms with van der Waals surface area (Å²) in [5.41, 5.74) is 2.02. The summed E-state index contributed by atoms with van der Waals surface area (Å²) in [6.45, 7) is 0. The number of benzene rings is 3. The van der Waals surface area contributed by atoms with Gasteiger partial charge in [-0.25, -0.2) is 8.42 Å². The monoisotopic (exact) mass is 498 g/mol. The van der Waals surface area contributed by atoms with E-state index in [4.69, 9.17) is 28.4 Å². The molecule has 35 heavy (non-hydrogen) atoms. The van der Waals surface area contributed by atoms with Gasteiger partial charge in [0.25, 0.3) is 0 Å². The van der Waals surface area contributed by atoms with Crippen molar-refractivity contribution in [3.05, 3.63) is 65.2 Å². The van der Waals surface area contributed by atoms with Crippen LogP contribution in [-0.4, -0.2) is 51.1 Å². The van der Waals surface area contributed by atoms with Gasteiger partial charge in [-0.05, 0) is 35.9 Å². The largest absolute Gasteiger partial charge is 0.493 e. The molecule has 1 aliphatic heterocycles. The average molecular weight is 499 g/mol. The Kier molecular flexibility index (Phi) is 6.53. The second-order valence-electron chi connectivity index (χ2n) is 7.53. The highest BCUT2D eigenvalue weighted by Gasteiger charge is 2.38. The predicted octanol–water partition coefficient (Wildman–Crippen LogP) is 4.44. The molecule has 0 saturated heterocycles. The first-order chi connectivity index (χ1) is 16.9. The van der Waals surface area contributed by atoms with Gasteiger partial charge < -0.3 is 28.4 Å². The van der Waals surface area contributed by atoms with Crippen LogP contribution in [-0.2, 0) is 9.84 Å². The van der Waals surface area contributed by atoms with E-state index >= 15 is 0 Å². The van der Waals surface area contributed by atoms with Gasteiger partial charge >= 0.3 is 0 Å². The van der Waals surface area contributed by atoms with Gasteiger partial charge in [0.15, 0.2) is 23.0 Å². The Labute approximate surface area is 204 Å². The minimum absolute atomic E-state index is 0.104. The van der Waals surface area contributed by atoms with Crippen LogP contribution in [0.3, 0.4) is 0 Å². The number of sulfone groups is 1. The van der Waals surface area contributed by atoms with Crippen LogP contribution in [0, 0.1) is 0 Å². The SMILES string of the molecule is COc1cc(C2=C(c3cc(OC)c(OC)c(OC)c3)S(=O)(=O)c3ccccc32)cc(OC)c1OC. The van der Waals surface area contributed by atoms with E-state index in [2.05, 4.69) is 0 Å². The molecule has 0 spiro atoms. The van der Waals surface area contributed by atoms with E-state index in [-0.39, 0.29) is 9.80 Å². The van der Waals surface area contributed by atoms with E-state index in [0.717, 1.165) is 0 Å². The lowest BCUT2D eigenvalue weighted by atomic mass is 9.94. The van der Waals surface area contributed by atoms with Crippen LogP contribution < -0.4 is 28.4 Å². The molecule has 0 saturated carbocycles. The molecule has 0 atom stereocenters. The molecule has 0 radical (unpaired) electrons. The molecule has 0 fully saturated rings. The van der Waals surface area contributed by atoms with Crippen molar-refractivity contribution in [2.45, 2.75) is 4.90 Å². The first-order valence-corrected chi connectivity index (χ1v) is 12.0. The fourth-order valence-electron chi connectivity index (χ4n) is 4.30. The molecule has 0 aromatic heterocycles. The molecule has 4 rings (SSSR count). The molecule has 3 aromatic carbocycles. The van der Waals surface area contributed by atoms with Gasteiger partial charge in [0.2, 0.25) is 21.3 Å². The average Bonchev–Trinajstić information content (AvgIpc) is 3.13. The first-order valence-electron chi connectivity index (χ1n) is 10.6. The second-order valence-corrected chi connectivity index (χ2v) is 9.39. The zero-order valence-corrected chi connectivity index (χ0v) is 21.1. The van der Waals surface area contributed by atoms with E-state index in [0.29, 0.717) is 56.8 Å². The van der Waals surface area contributed by atoms with Gasteiger partial charge in [-0.2, -0.15) is 0 Å². The maximum absolute atomic E-state index is 13.9. The topological polar surface area (TPSA) is 89.5 Å². The van der Waals surface area contributed by atoms with E-state index < -0.39 is 9.84 Å². The number of ether oxygens (including phenoxy) is 6. The summed E-state index contributed by atoms with van der Waals surface area (Å²) in [6, 6.07) is 13.6. The molecular weight excluding hydrogens is 472 g/mol. The number of hydrogen-bond donors (Lipinski definition) is 0. The van der Waals surface area contributed by atoms with E-state index in [1.807, 2.05) is 0 Å². The molecule has 0 N–H and O–H groups in total. The summed E-state index contributed by atoms with van der Waals surface area (Å²) >= 11 is 0. The van der Waals surface area contributed by atoms with E-state index in [9.17, 15) is 8.42 Å². The number of methoxy groups -OCH3 is 6. The third-order valence-corrected chi connectivity index (χ3v) is 7.73. The molecule has 8 nitrogen and oxygen atoms in total. The molecule has 0 bridgehead atoms. The molecular formula is C26H26O8S. The summed E-state index contributed by atoms with van der Waals surface area (Å²) in [5, 5.41) is 0. The maximum atomic E-state index is 13.9. The standard InChI is InChI=1S/C26H26O8S/c1-29-18-11-15(12-19(30-2)24(18)33-5)23-17-9-7-8-10-22(17)35(27,28)26(23)16-13-20(31-3)25(34-6)21(14-16)32-4/h7-14H,1-6H3. The Morgan fingerprint density at radius 2 is 1.00 bits per heavy atom. The van der Waals surface area contributed by atoms with Crippen LogP contribution in [0.4, 0.5) is 0 Å². The van der Waals surface area contributed by atoms with Gasteiger partial charge in [0.1, 0.15) is 0 Å². The fourth-order valence-corrected chi connectivity index (χ4v) is 6.16. The quantitative estimate of drug-likeness (QED) is 0.450. The molecule has 1 heterocycles. The van der Waals surface area contributed by atoms with Crippen molar-refractivity contribution in [1.29, 1.82) is 0 Å². The van der Waals surface area contributed by atoms with Crippen molar-refractivity contribution >= 4 is 20.3 Å². The molecule has 3 aromatic rings. The number of hydrogen-bond acceptors (Lipinski definition) is 8. The minimum atomic E-state index is -3.91. The van der Waals surface area contributed by atoms with Gasteiger partial charge in [-0.15, -0.1) is 0 Å². The summed E-state index contributed by atoms with van der Waals surface area (Å²) in [6.07, 6.45) is 0. The lowest BCUT2D eigenvalue weighted by molar-refractivity contribution is 0.324. The van der Waals surface area contributed by atoms with Crippen molar-refractivity contribution in [3.63, 3.8) is 0 Å². The maximum Gasteiger partial charge on any atom is 0.208 e. The summed E-state index contributed by atoms with van der Waals surface area (Å²) in [4.78, 5) is 0.305. The molecule has 0 aliphatic carbocycles. The van der Waals surface area contributed by atoms with Crippen molar-refractivity contribution in [1.82, 2.24) is 0 Å². The smallest absolute Gasteiger partial charge is 0.208 e. The first kappa shape index (κ1) is 24.3. The Morgan fingerprint density at radius 1 is 0.571 bits per heavy atom. The second kappa shape index (κ2) is 9.42. The highest BCUT2D eigenvalue weighted by molar-refractivity contribution is 8.01. The van der Waals surface area contributed by atoms with E-state index in [1.54, 1.807) is 48.5 Å². The van der Waals surface area contributed by atoms with Gasteiger partial charge in [0, 0.05) is 16.7 Å². The highest BCUT2D eigenvalue weighted by atomic mass is 32.2. The normalized spacial score (nSPS) is 13.8. The Bertz CT molecular complexity index is 1370. The molecule has 184 valence electrons. The van der Waals surface area contributed by atoms with Crippen LogP contribution in [0.25, 0.3) is 10.5 Å². The zero-order chi connectivity index (χ0) is 25.3. The van der Waals surface area contributed by atoms with Crippen LogP contribution >= 0.6 is 0 Å². The van der Waals surface area contributed by atoms with Crippen LogP contribution in [0.2, 0.25) is 0 Å². The molecule has 0 unspecified atom stereocenters. The lowest BCUT2D eigenvalue weighted by Gasteiger charge is -2.17. The van der Waals surface area contributed by atoms with Gasteiger partial charge in [-0.1, -0.05) is 18.2 Å². The summed E-state index contributed by atoms with van der Waals surface area (Å²) in [5.74, 6) is 2.25. The summed E-state index contributed by atoms with van der Waals surface area (Å²) < 4.78 is 60.7. The molecule has 9 heteroatoms. The van der Waals surface area contributed by atoms with Gasteiger partial charge in [-0.3, -0.25) is 0 Å². The molecule has 1 aliphatic rings. The Balaban J connectivity index is 2.14. The van der Waals surface area contributed by atoms with Crippen LogP contribution in [0.1, 0.15) is 16.7 Å². The minimum Gasteiger partial charge on any atom is -0.493 e. The Morgan fingerprint density at radius 3 is 1.43 bits per heavy atom. The van der Waals surface area contributed by atoms with Crippen molar-refractivity contribution in [2.75, 3.05) is 42.7 Å². The third kappa shape index (κ3) is 3.81. The zero-order valence-electron chi connectivity index (χ0n) is 20.3. The lowest BCUT2D eigenvalue weighted by Crippen LogP contribution is -2.03. The Hall–Kier alpha value is -3.85. The van der Waals surface area contributed by atoms with Gasteiger partial charge in [0.05, 0.1) is 52.5 Å². The van der Waals surface area contributed by atoms with Crippen molar-refractivity contribution < 1.29 is 36.8 Å². The number of rotatable bonds is 8. The van der Waals surface area contributed by atoms with Crippen LogP contribution in [0.15, 0.2) is 53.4 Å². The molecule has 0 amide bonds. The highest BCUT2D eigenvalue weighted by Crippen LogP contribution is 2.52. The van der Waals surface area contributed by atoms with Crippen LogP contribution in [0.5, 0.6) is 34.5 Å². The summed E-state index contributed by atoms with van der Waals surface area (Å²) in [7, 11) is 5.07. The van der Waals surface area contributed by atoms with Crippen molar-refractivity contribution in [3.8, 4) is 34.5 Å². The number of fused-ring (bicyclic) bond motifs is 1. The van der Waals surface area contributed by atoms with E-state index in [1.165, 1.54) is 42.7 Å². The van der Waals surface area contributed by atoms with Crippen molar-refractivity contribution in [2.24, 2.45) is 0 Å².